The topological polar surface area (TPSA) is 53.1 Å². The van der Waals surface area contributed by atoms with Crippen LogP contribution in [0.1, 0.15) is 23.6 Å². The molecule has 0 saturated carbocycles. The van der Waals surface area contributed by atoms with Gasteiger partial charge in [-0.25, -0.2) is 14.9 Å². The highest BCUT2D eigenvalue weighted by molar-refractivity contribution is 6.24. The van der Waals surface area contributed by atoms with Gasteiger partial charge in [0, 0.05) is 18.7 Å². The number of anilines is 1. The predicted molar refractivity (Wildman–Crippen MR) is 105 cm³/mol. The zero-order valence-electron chi connectivity index (χ0n) is 16.0. The fourth-order valence-corrected chi connectivity index (χ4v) is 4.95. The molecule has 0 radical (unpaired) electrons. The Balaban J connectivity index is 1.60. The van der Waals surface area contributed by atoms with Crippen LogP contribution in [0.4, 0.5) is 5.69 Å². The van der Waals surface area contributed by atoms with Gasteiger partial charge in [0.05, 0.1) is 24.8 Å². The van der Waals surface area contributed by atoms with Crippen molar-refractivity contribution in [1.82, 2.24) is 10.0 Å². The van der Waals surface area contributed by atoms with Gasteiger partial charge in [-0.1, -0.05) is 35.9 Å². The molecule has 3 aliphatic heterocycles. The van der Waals surface area contributed by atoms with Crippen LogP contribution in [0.5, 0.6) is 5.75 Å². The number of rotatable bonds is 3. The summed E-state index contributed by atoms with van der Waals surface area (Å²) in [5.74, 6) is 0.0896. The van der Waals surface area contributed by atoms with Crippen molar-refractivity contribution in [2.45, 2.75) is 25.4 Å². The molecule has 0 N–H and O–H groups in total. The Hall–Kier alpha value is -2.70. The van der Waals surface area contributed by atoms with Crippen LogP contribution in [0.25, 0.3) is 0 Å². The van der Waals surface area contributed by atoms with E-state index in [2.05, 4.69) is 10.0 Å². The number of hydrazine groups is 1. The molecule has 0 bridgehead atoms. The zero-order valence-corrected chi connectivity index (χ0v) is 16.0. The lowest BCUT2D eigenvalue weighted by atomic mass is 9.89. The van der Waals surface area contributed by atoms with Crippen LogP contribution < -0.4 is 9.64 Å². The normalized spacial score (nSPS) is 27.4. The van der Waals surface area contributed by atoms with Crippen LogP contribution in [0.15, 0.2) is 48.5 Å². The van der Waals surface area contributed by atoms with Gasteiger partial charge in [-0.05, 0) is 31.5 Å². The number of imide groups is 1. The molecule has 28 heavy (non-hydrogen) atoms. The number of amides is 2. The van der Waals surface area contributed by atoms with Gasteiger partial charge in [0.25, 0.3) is 5.91 Å². The molecule has 144 valence electrons. The summed E-state index contributed by atoms with van der Waals surface area (Å²) in [6.07, 6.45) is 0.987. The van der Waals surface area contributed by atoms with Gasteiger partial charge in [0.2, 0.25) is 5.91 Å². The van der Waals surface area contributed by atoms with Gasteiger partial charge in [0.1, 0.15) is 11.8 Å². The van der Waals surface area contributed by atoms with Crippen molar-refractivity contribution in [3.63, 3.8) is 0 Å². The van der Waals surface area contributed by atoms with E-state index < -0.39 is 12.0 Å². The van der Waals surface area contributed by atoms with Crippen molar-refractivity contribution in [2.75, 3.05) is 25.1 Å². The molecular weight excluding hydrogens is 354 g/mol. The SMILES string of the molecule is COc1ccccc1[C@@H]1[C@H]2C(=O)N(c3ccc(C)cc3)C(=O)[C@@H]2N2CCCN12. The molecule has 2 aromatic carbocycles. The summed E-state index contributed by atoms with van der Waals surface area (Å²) in [4.78, 5) is 28.3. The van der Waals surface area contributed by atoms with Gasteiger partial charge in [0.15, 0.2) is 0 Å². The monoisotopic (exact) mass is 377 g/mol. The fraction of sp³-hybridized carbons (Fsp3) is 0.364. The summed E-state index contributed by atoms with van der Waals surface area (Å²) in [7, 11) is 1.65. The van der Waals surface area contributed by atoms with Crippen LogP contribution in [-0.4, -0.2) is 48.1 Å². The molecule has 3 atom stereocenters. The van der Waals surface area contributed by atoms with Crippen molar-refractivity contribution < 1.29 is 14.3 Å². The number of carbonyl (C=O) groups is 2. The van der Waals surface area contributed by atoms with E-state index in [-0.39, 0.29) is 17.9 Å². The fourth-order valence-electron chi connectivity index (χ4n) is 4.95. The van der Waals surface area contributed by atoms with Gasteiger partial charge < -0.3 is 4.74 Å². The molecule has 3 saturated heterocycles. The Labute approximate surface area is 164 Å². The van der Waals surface area contributed by atoms with E-state index in [1.807, 2.05) is 55.5 Å². The number of carbonyl (C=O) groups excluding carboxylic acids is 2. The third-order valence-electron chi connectivity index (χ3n) is 6.16. The molecule has 3 heterocycles. The lowest BCUT2D eigenvalue weighted by Gasteiger charge is -2.30. The molecule has 0 aliphatic carbocycles. The van der Waals surface area contributed by atoms with Crippen LogP contribution in [0.2, 0.25) is 0 Å². The van der Waals surface area contributed by atoms with Gasteiger partial charge in [-0.15, -0.1) is 0 Å². The predicted octanol–water partition coefficient (Wildman–Crippen LogP) is 2.54. The summed E-state index contributed by atoms with van der Waals surface area (Å²) < 4.78 is 5.59. The molecule has 5 rings (SSSR count). The quantitative estimate of drug-likeness (QED) is 0.770. The third kappa shape index (κ3) is 2.34. The molecule has 3 aliphatic rings. The Bertz CT molecular complexity index is 942. The van der Waals surface area contributed by atoms with Gasteiger partial charge >= 0.3 is 0 Å². The molecule has 0 unspecified atom stereocenters. The Morgan fingerprint density at radius 2 is 1.57 bits per heavy atom. The van der Waals surface area contributed by atoms with Crippen molar-refractivity contribution >= 4 is 17.5 Å². The molecule has 3 fully saturated rings. The average molecular weight is 377 g/mol. The van der Waals surface area contributed by atoms with E-state index in [4.69, 9.17) is 4.74 Å². The van der Waals surface area contributed by atoms with Crippen LogP contribution in [0, 0.1) is 12.8 Å². The number of fused-ring (bicyclic) bond motifs is 3. The van der Waals surface area contributed by atoms with E-state index in [1.165, 1.54) is 4.90 Å². The largest absolute Gasteiger partial charge is 0.496 e. The number of ether oxygens (including phenoxy) is 1. The van der Waals surface area contributed by atoms with Crippen LogP contribution >= 0.6 is 0 Å². The standard InChI is InChI=1S/C22H23N3O3/c1-14-8-10-15(11-9-14)25-21(26)18-19(16-6-3-4-7-17(16)28-2)23-12-5-13-24(23)20(18)22(25)27/h3-4,6-11,18-20H,5,12-13H2,1-2H3/t18-,19-,20-/m1/s1. The second-order valence-corrected chi connectivity index (χ2v) is 7.68. The van der Waals surface area contributed by atoms with Crippen LogP contribution in [0.3, 0.4) is 0 Å². The maximum absolute atomic E-state index is 13.5. The number of benzene rings is 2. The maximum atomic E-state index is 13.5. The average Bonchev–Trinajstić information content (AvgIpc) is 3.35. The second-order valence-electron chi connectivity index (χ2n) is 7.68. The van der Waals surface area contributed by atoms with Crippen molar-refractivity contribution in [1.29, 1.82) is 0 Å². The molecular formula is C22H23N3O3. The minimum atomic E-state index is -0.439. The van der Waals surface area contributed by atoms with E-state index in [0.717, 1.165) is 36.4 Å². The summed E-state index contributed by atoms with van der Waals surface area (Å²) in [5.41, 5.74) is 2.72. The van der Waals surface area contributed by atoms with E-state index in [9.17, 15) is 9.59 Å². The number of methoxy groups -OCH3 is 1. The summed E-state index contributed by atoms with van der Waals surface area (Å²) in [6.45, 7) is 3.64. The number of hydrogen-bond donors (Lipinski definition) is 0. The van der Waals surface area contributed by atoms with E-state index >= 15 is 0 Å². The van der Waals surface area contributed by atoms with Gasteiger partial charge in [-0.3, -0.25) is 9.59 Å². The van der Waals surface area contributed by atoms with Crippen molar-refractivity contribution in [3.05, 3.63) is 59.7 Å². The highest BCUT2D eigenvalue weighted by atomic mass is 16.5. The van der Waals surface area contributed by atoms with Gasteiger partial charge in [-0.2, -0.15) is 0 Å². The van der Waals surface area contributed by atoms with Crippen molar-refractivity contribution in [3.8, 4) is 5.75 Å². The Kier molecular flexibility index (Phi) is 4.00. The highest BCUT2D eigenvalue weighted by Gasteiger charge is 2.63. The summed E-state index contributed by atoms with van der Waals surface area (Å²) in [5, 5.41) is 4.31. The minimum absolute atomic E-state index is 0.121. The molecule has 0 aromatic heterocycles. The zero-order chi connectivity index (χ0) is 19.4. The first-order valence-electron chi connectivity index (χ1n) is 9.72. The third-order valence-corrected chi connectivity index (χ3v) is 6.16. The highest BCUT2D eigenvalue weighted by Crippen LogP contribution is 2.50. The first kappa shape index (κ1) is 17.4. The number of nitrogens with zero attached hydrogens (tertiary/aromatic N) is 3. The smallest absolute Gasteiger partial charge is 0.253 e. The van der Waals surface area contributed by atoms with E-state index in [1.54, 1.807) is 7.11 Å². The lowest BCUT2D eigenvalue weighted by Crippen LogP contribution is -2.44. The molecule has 2 aromatic rings. The number of para-hydroxylation sites is 1. The first-order valence-corrected chi connectivity index (χ1v) is 9.72. The summed E-state index contributed by atoms with van der Waals surface area (Å²) in [6, 6.07) is 14.8. The molecule has 0 spiro atoms. The molecule has 6 heteroatoms. The minimum Gasteiger partial charge on any atom is -0.496 e. The number of aryl methyl sites for hydroxylation is 1. The Morgan fingerprint density at radius 3 is 2.29 bits per heavy atom. The lowest BCUT2D eigenvalue weighted by molar-refractivity contribution is -0.126. The summed E-state index contributed by atoms with van der Waals surface area (Å²) >= 11 is 0. The number of hydrogen-bond acceptors (Lipinski definition) is 5. The second kappa shape index (κ2) is 6.43. The van der Waals surface area contributed by atoms with Crippen molar-refractivity contribution in [2.24, 2.45) is 5.92 Å². The molecule has 6 nitrogen and oxygen atoms in total. The van der Waals surface area contributed by atoms with Crippen LogP contribution in [-0.2, 0) is 9.59 Å². The first-order chi connectivity index (χ1) is 13.6. The maximum Gasteiger partial charge on any atom is 0.253 e. The van der Waals surface area contributed by atoms with E-state index in [0.29, 0.717) is 5.69 Å². The molecule has 2 amide bonds. The Morgan fingerprint density at radius 1 is 0.893 bits per heavy atom.